The van der Waals surface area contributed by atoms with Crippen molar-refractivity contribution in [1.82, 2.24) is 5.32 Å². The molecule has 0 aliphatic heterocycles. The summed E-state index contributed by atoms with van der Waals surface area (Å²) in [6.07, 6.45) is 0.937. The third kappa shape index (κ3) is 3.20. The van der Waals surface area contributed by atoms with Gasteiger partial charge in [-0.2, -0.15) is 0 Å². The number of rotatable bonds is 4. The highest BCUT2D eigenvalue weighted by Gasteiger charge is 2.34. The Balaban J connectivity index is 2.33. The van der Waals surface area contributed by atoms with E-state index in [1.165, 1.54) is 0 Å². The summed E-state index contributed by atoms with van der Waals surface area (Å²) in [6, 6.07) is -0.166. The van der Waals surface area contributed by atoms with E-state index >= 15 is 0 Å². The molecule has 0 bridgehead atoms. The van der Waals surface area contributed by atoms with E-state index in [4.69, 9.17) is 0 Å². The number of hydrogen-bond acceptors (Lipinski definition) is 4. The molecule has 4 N–H and O–H groups in total. The topological polar surface area (TPSA) is 72.7 Å². The molecule has 1 rings (SSSR count). The van der Waals surface area contributed by atoms with Crippen molar-refractivity contribution in [1.29, 1.82) is 0 Å². The van der Waals surface area contributed by atoms with Gasteiger partial charge >= 0.3 is 0 Å². The Kier molecular flexibility index (Phi) is 4.81. The summed E-state index contributed by atoms with van der Waals surface area (Å²) in [5.41, 5.74) is 0. The van der Waals surface area contributed by atoms with Gasteiger partial charge in [0, 0.05) is 12.5 Å². The van der Waals surface area contributed by atoms with E-state index < -0.39 is 18.3 Å². The summed E-state index contributed by atoms with van der Waals surface area (Å²) >= 11 is 0. The Hall–Kier alpha value is -0.160. The molecule has 1 fully saturated rings. The molecule has 4 atom stereocenters. The van der Waals surface area contributed by atoms with Crippen molar-refractivity contribution in [2.45, 2.75) is 57.0 Å². The van der Waals surface area contributed by atoms with E-state index in [9.17, 15) is 15.3 Å². The zero-order chi connectivity index (χ0) is 10.6. The Morgan fingerprint density at radius 3 is 2.57 bits per heavy atom. The lowest BCUT2D eigenvalue weighted by Gasteiger charge is -2.35. The number of nitrogens with one attached hydrogen (secondary N) is 1. The van der Waals surface area contributed by atoms with Crippen LogP contribution in [0.5, 0.6) is 0 Å². The molecular weight excluding hydrogens is 182 g/mol. The molecule has 0 aromatic carbocycles. The van der Waals surface area contributed by atoms with E-state index in [1.807, 2.05) is 0 Å². The summed E-state index contributed by atoms with van der Waals surface area (Å²) in [4.78, 5) is 0. The van der Waals surface area contributed by atoms with Crippen LogP contribution in [0.15, 0.2) is 0 Å². The molecule has 0 unspecified atom stereocenters. The quantitative estimate of drug-likeness (QED) is 0.470. The van der Waals surface area contributed by atoms with Crippen molar-refractivity contribution in [3.05, 3.63) is 0 Å². The van der Waals surface area contributed by atoms with Gasteiger partial charge in [0.15, 0.2) is 0 Å². The average molecular weight is 203 g/mol. The number of aliphatic hydroxyl groups is 3. The van der Waals surface area contributed by atoms with Gasteiger partial charge < -0.3 is 20.6 Å². The molecule has 0 aromatic heterocycles. The van der Waals surface area contributed by atoms with E-state index in [-0.39, 0.29) is 12.5 Å². The van der Waals surface area contributed by atoms with Gasteiger partial charge in [-0.1, -0.05) is 13.3 Å². The van der Waals surface area contributed by atoms with E-state index in [0.29, 0.717) is 6.42 Å². The van der Waals surface area contributed by atoms with Crippen LogP contribution in [-0.4, -0.2) is 46.2 Å². The molecule has 1 saturated carbocycles. The van der Waals surface area contributed by atoms with Crippen molar-refractivity contribution < 1.29 is 15.3 Å². The standard InChI is InChI=1S/C10H21NO3/c1-2-3-4-11-8-5-7(12)6-9(13)10(8)14/h7-14H,2-6H2,1H3/t7-,8+,9+,10-/m0/s1. The molecule has 0 aromatic rings. The lowest BCUT2D eigenvalue weighted by molar-refractivity contribution is -0.0682. The van der Waals surface area contributed by atoms with Gasteiger partial charge in [0.1, 0.15) is 0 Å². The fourth-order valence-corrected chi connectivity index (χ4v) is 1.88. The van der Waals surface area contributed by atoms with Crippen molar-refractivity contribution in [3.8, 4) is 0 Å². The van der Waals surface area contributed by atoms with Gasteiger partial charge in [0.25, 0.3) is 0 Å². The largest absolute Gasteiger partial charge is 0.393 e. The minimum absolute atomic E-state index is 0.166. The van der Waals surface area contributed by atoms with E-state index in [0.717, 1.165) is 19.4 Å². The van der Waals surface area contributed by atoms with Crippen LogP contribution in [-0.2, 0) is 0 Å². The second-order valence-electron chi connectivity index (χ2n) is 4.10. The number of aliphatic hydroxyl groups excluding tert-OH is 3. The van der Waals surface area contributed by atoms with Gasteiger partial charge in [-0.25, -0.2) is 0 Å². The first kappa shape index (κ1) is 11.9. The Bertz CT molecular complexity index is 165. The third-order valence-electron chi connectivity index (χ3n) is 2.78. The van der Waals surface area contributed by atoms with E-state index in [2.05, 4.69) is 12.2 Å². The van der Waals surface area contributed by atoms with Gasteiger partial charge in [0.2, 0.25) is 0 Å². The van der Waals surface area contributed by atoms with Crippen LogP contribution >= 0.6 is 0 Å². The highest BCUT2D eigenvalue weighted by molar-refractivity contribution is 4.90. The van der Waals surface area contributed by atoms with Crippen LogP contribution in [0, 0.1) is 0 Å². The lowest BCUT2D eigenvalue weighted by Crippen LogP contribution is -2.53. The predicted molar refractivity (Wildman–Crippen MR) is 54.0 cm³/mol. The zero-order valence-corrected chi connectivity index (χ0v) is 8.69. The summed E-state index contributed by atoms with van der Waals surface area (Å²) in [5.74, 6) is 0. The third-order valence-corrected chi connectivity index (χ3v) is 2.78. The van der Waals surface area contributed by atoms with Crippen molar-refractivity contribution in [2.24, 2.45) is 0 Å². The lowest BCUT2D eigenvalue weighted by atomic mass is 9.88. The van der Waals surface area contributed by atoms with Crippen LogP contribution in [0.1, 0.15) is 32.6 Å². The van der Waals surface area contributed by atoms with Crippen LogP contribution in [0.3, 0.4) is 0 Å². The maximum absolute atomic E-state index is 9.63. The number of unbranched alkanes of at least 4 members (excludes halogenated alkanes) is 1. The molecular formula is C10H21NO3. The van der Waals surface area contributed by atoms with Crippen LogP contribution < -0.4 is 5.32 Å². The van der Waals surface area contributed by atoms with Crippen molar-refractivity contribution in [2.75, 3.05) is 6.54 Å². The minimum Gasteiger partial charge on any atom is -0.393 e. The normalized spacial score (nSPS) is 38.6. The SMILES string of the molecule is CCCCN[C@@H]1C[C@H](O)C[C@@H](O)[C@H]1O. The highest BCUT2D eigenvalue weighted by Crippen LogP contribution is 2.19. The first-order valence-corrected chi connectivity index (χ1v) is 5.42. The molecule has 14 heavy (non-hydrogen) atoms. The first-order chi connectivity index (χ1) is 6.65. The molecule has 4 nitrogen and oxygen atoms in total. The predicted octanol–water partition coefficient (Wildman–Crippen LogP) is -0.379. The summed E-state index contributed by atoms with van der Waals surface area (Å²) < 4.78 is 0. The minimum atomic E-state index is -0.794. The molecule has 0 heterocycles. The van der Waals surface area contributed by atoms with Crippen molar-refractivity contribution >= 4 is 0 Å². The Labute approximate surface area is 85.0 Å². The molecule has 1 aliphatic carbocycles. The fraction of sp³-hybridized carbons (Fsp3) is 1.00. The first-order valence-electron chi connectivity index (χ1n) is 5.42. The van der Waals surface area contributed by atoms with Crippen LogP contribution in [0.25, 0.3) is 0 Å². The molecule has 84 valence electrons. The molecule has 0 amide bonds. The number of hydrogen-bond donors (Lipinski definition) is 4. The summed E-state index contributed by atoms with van der Waals surface area (Å²) in [5, 5.41) is 31.6. The molecule has 0 saturated heterocycles. The maximum Gasteiger partial charge on any atom is 0.0953 e. The zero-order valence-electron chi connectivity index (χ0n) is 8.69. The summed E-state index contributed by atoms with van der Waals surface area (Å²) in [6.45, 7) is 2.93. The Morgan fingerprint density at radius 2 is 1.93 bits per heavy atom. The van der Waals surface area contributed by atoms with Crippen molar-refractivity contribution in [3.63, 3.8) is 0 Å². The summed E-state index contributed by atoms with van der Waals surface area (Å²) in [7, 11) is 0. The monoisotopic (exact) mass is 203 g/mol. The second kappa shape index (κ2) is 5.66. The smallest absolute Gasteiger partial charge is 0.0953 e. The van der Waals surface area contributed by atoms with E-state index in [1.54, 1.807) is 0 Å². The molecule has 0 radical (unpaired) electrons. The average Bonchev–Trinajstić information content (AvgIpc) is 2.13. The van der Waals surface area contributed by atoms with Crippen LogP contribution in [0.2, 0.25) is 0 Å². The fourth-order valence-electron chi connectivity index (χ4n) is 1.88. The van der Waals surface area contributed by atoms with Gasteiger partial charge in [-0.05, 0) is 19.4 Å². The van der Waals surface area contributed by atoms with Crippen LogP contribution in [0.4, 0.5) is 0 Å². The highest BCUT2D eigenvalue weighted by atomic mass is 16.3. The Morgan fingerprint density at radius 1 is 1.21 bits per heavy atom. The maximum atomic E-state index is 9.63. The van der Waals surface area contributed by atoms with Gasteiger partial charge in [-0.15, -0.1) is 0 Å². The molecule has 4 heteroatoms. The molecule has 0 spiro atoms. The molecule has 1 aliphatic rings. The van der Waals surface area contributed by atoms with Gasteiger partial charge in [-0.3, -0.25) is 0 Å². The van der Waals surface area contributed by atoms with Gasteiger partial charge in [0.05, 0.1) is 18.3 Å². The second-order valence-corrected chi connectivity index (χ2v) is 4.10.